The first-order valence-corrected chi connectivity index (χ1v) is 11.3. The summed E-state index contributed by atoms with van der Waals surface area (Å²) in [5.74, 6) is 0.524. The van der Waals surface area contributed by atoms with Crippen molar-refractivity contribution in [3.05, 3.63) is 87.5 Å². The Morgan fingerprint density at radius 3 is 2.39 bits per heavy atom. The summed E-state index contributed by atoms with van der Waals surface area (Å²) in [7, 11) is 0. The quantitative estimate of drug-likeness (QED) is 0.318. The molecule has 9 heteroatoms. The zero-order chi connectivity index (χ0) is 22.8. The number of para-hydroxylation sites is 2. The van der Waals surface area contributed by atoms with E-state index < -0.39 is 4.92 Å². The zero-order valence-corrected chi connectivity index (χ0v) is 18.4. The van der Waals surface area contributed by atoms with Crippen LogP contribution in [0.15, 0.2) is 81.0 Å². The van der Waals surface area contributed by atoms with Crippen LogP contribution in [0.25, 0.3) is 17.4 Å². The fourth-order valence-corrected chi connectivity index (χ4v) is 4.82. The van der Waals surface area contributed by atoms with Gasteiger partial charge in [-0.1, -0.05) is 30.3 Å². The smallest absolute Gasteiger partial charge is 0.286 e. The summed E-state index contributed by atoms with van der Waals surface area (Å²) in [4.78, 5) is 32.5. The molecule has 2 aliphatic heterocycles. The van der Waals surface area contributed by atoms with E-state index in [4.69, 9.17) is 4.42 Å². The fraction of sp³-hybridized carbons (Fsp3) is 0.167. The molecule has 33 heavy (non-hydrogen) atoms. The molecule has 5 rings (SSSR count). The van der Waals surface area contributed by atoms with Crippen molar-refractivity contribution in [2.75, 3.05) is 31.1 Å². The highest BCUT2D eigenvalue weighted by molar-refractivity contribution is 8.18. The fourth-order valence-electron chi connectivity index (χ4n) is 3.87. The summed E-state index contributed by atoms with van der Waals surface area (Å²) < 4.78 is 5.80. The Hall–Kier alpha value is -3.85. The lowest BCUT2D eigenvalue weighted by molar-refractivity contribution is -0.384. The molecular weight excluding hydrogens is 440 g/mol. The predicted octanol–water partition coefficient (Wildman–Crippen LogP) is 4.65. The minimum Gasteiger partial charge on any atom is -0.456 e. The number of nitro benzene ring substituents is 1. The van der Waals surface area contributed by atoms with E-state index in [1.165, 1.54) is 23.5 Å². The second kappa shape index (κ2) is 8.95. The van der Waals surface area contributed by atoms with Crippen molar-refractivity contribution in [3.8, 4) is 11.3 Å². The van der Waals surface area contributed by atoms with Crippen LogP contribution in [-0.2, 0) is 4.79 Å². The second-order valence-electron chi connectivity index (χ2n) is 7.60. The highest BCUT2D eigenvalue weighted by atomic mass is 32.2. The number of furan rings is 1. The third-order valence-corrected chi connectivity index (χ3v) is 6.59. The van der Waals surface area contributed by atoms with Crippen molar-refractivity contribution in [1.29, 1.82) is 0 Å². The number of thioether (sulfide) groups is 1. The van der Waals surface area contributed by atoms with Crippen molar-refractivity contribution in [2.24, 2.45) is 4.99 Å². The van der Waals surface area contributed by atoms with Gasteiger partial charge < -0.3 is 14.2 Å². The van der Waals surface area contributed by atoms with Crippen LogP contribution in [0.4, 0.5) is 11.4 Å². The summed E-state index contributed by atoms with van der Waals surface area (Å²) >= 11 is 1.33. The number of carbonyl (C=O) groups excluding carboxylic acids is 1. The summed E-state index contributed by atoms with van der Waals surface area (Å²) in [5.41, 5.74) is 1.56. The Morgan fingerprint density at radius 2 is 1.64 bits per heavy atom. The monoisotopic (exact) mass is 460 g/mol. The van der Waals surface area contributed by atoms with E-state index in [0.29, 0.717) is 27.2 Å². The first-order chi connectivity index (χ1) is 16.1. The number of hydrogen-bond donors (Lipinski definition) is 0. The molecule has 0 atom stereocenters. The SMILES string of the molecule is O=C1N=C(N2CCN(c3ccccc3)CC2)S/C1=C/c1ccc(-c2ccccc2[N+](=O)[O-])o1. The molecule has 1 saturated heterocycles. The Bertz CT molecular complexity index is 1260. The van der Waals surface area contributed by atoms with Crippen LogP contribution in [0.3, 0.4) is 0 Å². The third-order valence-electron chi connectivity index (χ3n) is 5.55. The summed E-state index contributed by atoms with van der Waals surface area (Å²) in [6.45, 7) is 3.27. The van der Waals surface area contributed by atoms with Gasteiger partial charge in [0, 0.05) is 44.0 Å². The molecule has 1 amide bonds. The third kappa shape index (κ3) is 4.40. The first kappa shape index (κ1) is 21.0. The van der Waals surface area contributed by atoms with Crippen LogP contribution >= 0.6 is 11.8 Å². The molecule has 0 aliphatic carbocycles. The van der Waals surface area contributed by atoms with Gasteiger partial charge in [-0.25, -0.2) is 0 Å². The summed E-state index contributed by atoms with van der Waals surface area (Å²) in [6, 6.07) is 20.0. The van der Waals surface area contributed by atoms with Crippen LogP contribution in [0.1, 0.15) is 5.76 Å². The minimum absolute atomic E-state index is 0.0300. The molecule has 1 fully saturated rings. The standard InChI is InChI=1S/C24H20N4O4S/c29-23-22(16-18-10-11-21(32-18)19-8-4-5-9-20(19)28(30)31)33-24(25-23)27-14-12-26(13-15-27)17-6-2-1-3-7-17/h1-11,16H,12-15H2/b22-16+. The molecule has 166 valence electrons. The van der Waals surface area contributed by atoms with Crippen LogP contribution in [0, 0.1) is 10.1 Å². The lowest BCUT2D eigenvalue weighted by atomic mass is 10.1. The maximum atomic E-state index is 12.5. The number of amides is 1. The van der Waals surface area contributed by atoms with Crippen molar-refractivity contribution >= 4 is 40.3 Å². The van der Waals surface area contributed by atoms with Gasteiger partial charge in [-0.15, -0.1) is 0 Å². The number of amidine groups is 1. The molecule has 0 saturated carbocycles. The maximum Gasteiger partial charge on any atom is 0.286 e. The number of nitro groups is 1. The van der Waals surface area contributed by atoms with E-state index in [9.17, 15) is 14.9 Å². The lowest BCUT2D eigenvalue weighted by Crippen LogP contribution is -2.47. The van der Waals surface area contributed by atoms with Crippen LogP contribution in [0.2, 0.25) is 0 Å². The Morgan fingerprint density at radius 1 is 0.939 bits per heavy atom. The molecule has 3 aromatic rings. The molecular formula is C24H20N4O4S. The van der Waals surface area contributed by atoms with Gasteiger partial charge in [0.1, 0.15) is 11.5 Å². The van der Waals surface area contributed by atoms with E-state index in [1.54, 1.807) is 36.4 Å². The largest absolute Gasteiger partial charge is 0.456 e. The van der Waals surface area contributed by atoms with Crippen molar-refractivity contribution in [1.82, 2.24) is 4.90 Å². The maximum absolute atomic E-state index is 12.5. The van der Waals surface area contributed by atoms with E-state index in [1.807, 2.05) is 18.2 Å². The minimum atomic E-state index is -0.440. The van der Waals surface area contributed by atoms with E-state index in [0.717, 1.165) is 26.2 Å². The number of carbonyl (C=O) groups is 1. The number of nitrogens with zero attached hydrogens (tertiary/aromatic N) is 4. The molecule has 0 spiro atoms. The van der Waals surface area contributed by atoms with Crippen LogP contribution in [-0.4, -0.2) is 47.1 Å². The number of anilines is 1. The second-order valence-corrected chi connectivity index (χ2v) is 8.61. The van der Waals surface area contributed by atoms with Gasteiger partial charge in [-0.3, -0.25) is 14.9 Å². The number of rotatable bonds is 4. The molecule has 0 unspecified atom stereocenters. The average molecular weight is 461 g/mol. The van der Waals surface area contributed by atoms with Gasteiger partial charge in [0.25, 0.3) is 11.6 Å². The first-order valence-electron chi connectivity index (χ1n) is 10.5. The Kier molecular flexibility index (Phi) is 5.70. The Balaban J connectivity index is 1.26. The molecule has 0 N–H and O–H groups in total. The summed E-state index contributed by atoms with van der Waals surface area (Å²) in [5, 5.41) is 12.0. The van der Waals surface area contributed by atoms with Gasteiger partial charge in [-0.2, -0.15) is 4.99 Å². The van der Waals surface area contributed by atoms with Gasteiger partial charge >= 0.3 is 0 Å². The number of piperazine rings is 1. The van der Waals surface area contributed by atoms with Crippen molar-refractivity contribution in [2.45, 2.75) is 0 Å². The predicted molar refractivity (Wildman–Crippen MR) is 129 cm³/mol. The van der Waals surface area contributed by atoms with Gasteiger partial charge in [-0.05, 0) is 42.1 Å². The van der Waals surface area contributed by atoms with Gasteiger partial charge in [0.2, 0.25) is 0 Å². The van der Waals surface area contributed by atoms with Crippen LogP contribution in [0.5, 0.6) is 0 Å². The van der Waals surface area contributed by atoms with Crippen molar-refractivity contribution < 1.29 is 14.1 Å². The highest BCUT2D eigenvalue weighted by Gasteiger charge is 2.29. The van der Waals surface area contributed by atoms with Gasteiger partial charge in [0.15, 0.2) is 5.17 Å². The average Bonchev–Trinajstić information content (AvgIpc) is 3.47. The van der Waals surface area contributed by atoms with E-state index >= 15 is 0 Å². The molecule has 8 nitrogen and oxygen atoms in total. The zero-order valence-electron chi connectivity index (χ0n) is 17.6. The van der Waals surface area contributed by atoms with Crippen molar-refractivity contribution in [3.63, 3.8) is 0 Å². The summed E-state index contributed by atoms with van der Waals surface area (Å²) in [6.07, 6.45) is 1.64. The van der Waals surface area contributed by atoms with Crippen LogP contribution < -0.4 is 4.90 Å². The normalized spacial score (nSPS) is 17.5. The molecule has 0 bridgehead atoms. The highest BCUT2D eigenvalue weighted by Crippen LogP contribution is 2.34. The molecule has 0 radical (unpaired) electrons. The molecule has 2 aromatic carbocycles. The topological polar surface area (TPSA) is 92.2 Å². The van der Waals surface area contributed by atoms with Gasteiger partial charge in [0.05, 0.1) is 15.4 Å². The molecule has 1 aromatic heterocycles. The number of hydrogen-bond acceptors (Lipinski definition) is 7. The Labute approximate surface area is 194 Å². The molecule has 3 heterocycles. The van der Waals surface area contributed by atoms with E-state index in [-0.39, 0.29) is 11.6 Å². The van der Waals surface area contributed by atoms with E-state index in [2.05, 4.69) is 26.9 Å². The number of aliphatic imine (C=N–C) groups is 1. The lowest BCUT2D eigenvalue weighted by Gasteiger charge is -2.36. The molecule has 2 aliphatic rings. The number of benzene rings is 2.